The number of amides is 1. The first-order valence-electron chi connectivity index (χ1n) is 9.98. The molecule has 0 unspecified atom stereocenters. The Labute approximate surface area is 162 Å². The molecule has 2 saturated carbocycles. The first kappa shape index (κ1) is 19.8. The summed E-state index contributed by atoms with van der Waals surface area (Å²) in [6.07, 6.45) is 9.06. The standard InChI is InChI=1S/C21H32N2O4/c1-25-18-11-16(12-19(26-2)21(18)27-3)22-20(24)14-23(17-9-10-17)13-15-7-5-4-6-8-15/h11-12,15,17H,4-10,13-14H2,1-3H3,(H,22,24). The second kappa shape index (κ2) is 9.31. The lowest BCUT2D eigenvalue weighted by atomic mass is 9.89. The molecule has 2 fully saturated rings. The fourth-order valence-electron chi connectivity index (χ4n) is 4.02. The van der Waals surface area contributed by atoms with Gasteiger partial charge in [0.25, 0.3) is 0 Å². The number of methoxy groups -OCH3 is 3. The van der Waals surface area contributed by atoms with Gasteiger partial charge in [-0.3, -0.25) is 9.69 Å². The lowest BCUT2D eigenvalue weighted by Gasteiger charge is -2.29. The van der Waals surface area contributed by atoms with E-state index in [1.165, 1.54) is 44.9 Å². The molecule has 150 valence electrons. The minimum Gasteiger partial charge on any atom is -0.493 e. The molecule has 6 nitrogen and oxygen atoms in total. The maximum atomic E-state index is 12.7. The summed E-state index contributed by atoms with van der Waals surface area (Å²) in [5.74, 6) is 2.34. The lowest BCUT2D eigenvalue weighted by Crippen LogP contribution is -2.38. The van der Waals surface area contributed by atoms with Crippen molar-refractivity contribution in [2.24, 2.45) is 5.92 Å². The molecule has 2 aliphatic carbocycles. The molecule has 0 aliphatic heterocycles. The van der Waals surface area contributed by atoms with Crippen LogP contribution in [0, 0.1) is 5.92 Å². The molecular formula is C21H32N2O4. The number of carbonyl (C=O) groups excluding carboxylic acids is 1. The van der Waals surface area contributed by atoms with Crippen molar-refractivity contribution in [2.75, 3.05) is 39.7 Å². The van der Waals surface area contributed by atoms with E-state index in [4.69, 9.17) is 14.2 Å². The van der Waals surface area contributed by atoms with Crippen molar-refractivity contribution in [1.82, 2.24) is 4.90 Å². The maximum Gasteiger partial charge on any atom is 0.238 e. The molecule has 6 heteroatoms. The van der Waals surface area contributed by atoms with Gasteiger partial charge in [-0.25, -0.2) is 0 Å². The zero-order valence-electron chi connectivity index (χ0n) is 16.8. The molecule has 0 bridgehead atoms. The number of hydrogen-bond acceptors (Lipinski definition) is 5. The van der Waals surface area contributed by atoms with Crippen molar-refractivity contribution in [3.8, 4) is 17.2 Å². The normalized spacial score (nSPS) is 17.6. The highest BCUT2D eigenvalue weighted by Gasteiger charge is 2.32. The van der Waals surface area contributed by atoms with Gasteiger partial charge in [-0.05, 0) is 31.6 Å². The minimum absolute atomic E-state index is 0.00647. The Morgan fingerprint density at radius 2 is 1.63 bits per heavy atom. The Morgan fingerprint density at radius 1 is 1.00 bits per heavy atom. The number of nitrogens with one attached hydrogen (secondary N) is 1. The molecule has 0 aromatic heterocycles. The van der Waals surface area contributed by atoms with E-state index in [0.717, 1.165) is 12.5 Å². The summed E-state index contributed by atoms with van der Waals surface area (Å²) in [5.41, 5.74) is 0.655. The Bertz CT molecular complexity index is 614. The number of nitrogens with zero attached hydrogens (tertiary/aromatic N) is 1. The fourth-order valence-corrected chi connectivity index (χ4v) is 4.02. The zero-order valence-corrected chi connectivity index (χ0v) is 16.8. The molecule has 1 aromatic rings. The Balaban J connectivity index is 1.63. The van der Waals surface area contributed by atoms with Crippen molar-refractivity contribution in [3.63, 3.8) is 0 Å². The first-order chi connectivity index (χ1) is 13.1. The minimum atomic E-state index is 0.00647. The van der Waals surface area contributed by atoms with Gasteiger partial charge >= 0.3 is 0 Å². The molecular weight excluding hydrogens is 344 g/mol. The van der Waals surface area contributed by atoms with E-state index in [9.17, 15) is 4.79 Å². The van der Waals surface area contributed by atoms with Gasteiger partial charge < -0.3 is 19.5 Å². The zero-order chi connectivity index (χ0) is 19.2. The van der Waals surface area contributed by atoms with E-state index in [1.54, 1.807) is 33.5 Å². The van der Waals surface area contributed by atoms with Crippen molar-refractivity contribution in [3.05, 3.63) is 12.1 Å². The average molecular weight is 376 g/mol. The second-order valence-corrected chi connectivity index (χ2v) is 7.63. The van der Waals surface area contributed by atoms with Crippen molar-refractivity contribution >= 4 is 11.6 Å². The summed E-state index contributed by atoms with van der Waals surface area (Å²) in [5, 5.41) is 3.00. The van der Waals surface area contributed by atoms with Crippen LogP contribution in [0.25, 0.3) is 0 Å². The summed E-state index contributed by atoms with van der Waals surface area (Å²) >= 11 is 0. The van der Waals surface area contributed by atoms with E-state index in [0.29, 0.717) is 35.5 Å². The molecule has 27 heavy (non-hydrogen) atoms. The number of rotatable bonds is 9. The van der Waals surface area contributed by atoms with Gasteiger partial charge in [-0.15, -0.1) is 0 Å². The molecule has 1 amide bonds. The van der Waals surface area contributed by atoms with E-state index in [-0.39, 0.29) is 5.91 Å². The molecule has 0 saturated heterocycles. The number of carbonyl (C=O) groups is 1. The quantitative estimate of drug-likeness (QED) is 0.712. The van der Waals surface area contributed by atoms with Gasteiger partial charge in [0.2, 0.25) is 11.7 Å². The molecule has 0 radical (unpaired) electrons. The van der Waals surface area contributed by atoms with Crippen LogP contribution in [0.2, 0.25) is 0 Å². The third kappa shape index (κ3) is 5.28. The summed E-state index contributed by atoms with van der Waals surface area (Å²) in [7, 11) is 4.71. The SMILES string of the molecule is COc1cc(NC(=O)CN(CC2CCCCC2)C2CC2)cc(OC)c1OC. The maximum absolute atomic E-state index is 12.7. The third-order valence-electron chi connectivity index (χ3n) is 5.58. The topological polar surface area (TPSA) is 60.0 Å². The van der Waals surface area contributed by atoms with Crippen LogP contribution in [0.3, 0.4) is 0 Å². The Hall–Kier alpha value is -1.95. The monoisotopic (exact) mass is 376 g/mol. The van der Waals surface area contributed by atoms with Gasteiger partial charge in [-0.2, -0.15) is 0 Å². The van der Waals surface area contributed by atoms with Gasteiger partial charge in [0.15, 0.2) is 11.5 Å². The Morgan fingerprint density at radius 3 is 2.15 bits per heavy atom. The Kier molecular flexibility index (Phi) is 6.83. The highest BCUT2D eigenvalue weighted by Crippen LogP contribution is 2.40. The molecule has 1 N–H and O–H groups in total. The smallest absolute Gasteiger partial charge is 0.238 e. The molecule has 2 aliphatic rings. The van der Waals surface area contributed by atoms with Crippen LogP contribution in [0.5, 0.6) is 17.2 Å². The number of ether oxygens (including phenoxy) is 3. The number of hydrogen-bond donors (Lipinski definition) is 1. The predicted molar refractivity (Wildman–Crippen MR) is 106 cm³/mol. The van der Waals surface area contributed by atoms with Crippen molar-refractivity contribution < 1.29 is 19.0 Å². The van der Waals surface area contributed by atoms with Crippen molar-refractivity contribution in [1.29, 1.82) is 0 Å². The van der Waals surface area contributed by atoms with Gasteiger partial charge in [-0.1, -0.05) is 19.3 Å². The van der Waals surface area contributed by atoms with Crippen LogP contribution in [0.4, 0.5) is 5.69 Å². The van der Waals surface area contributed by atoms with E-state index in [2.05, 4.69) is 10.2 Å². The number of anilines is 1. The highest BCUT2D eigenvalue weighted by molar-refractivity contribution is 5.93. The van der Waals surface area contributed by atoms with Gasteiger partial charge in [0.05, 0.1) is 27.9 Å². The predicted octanol–water partition coefficient (Wildman–Crippen LogP) is 3.70. The van der Waals surface area contributed by atoms with Crippen LogP contribution in [0.1, 0.15) is 44.9 Å². The molecule has 0 atom stereocenters. The highest BCUT2D eigenvalue weighted by atomic mass is 16.5. The summed E-state index contributed by atoms with van der Waals surface area (Å²) in [6, 6.07) is 4.11. The second-order valence-electron chi connectivity index (χ2n) is 7.63. The summed E-state index contributed by atoms with van der Waals surface area (Å²) in [6.45, 7) is 1.49. The van der Waals surface area contributed by atoms with Crippen LogP contribution >= 0.6 is 0 Å². The van der Waals surface area contributed by atoms with Gasteiger partial charge in [0, 0.05) is 30.4 Å². The van der Waals surface area contributed by atoms with Crippen LogP contribution in [-0.4, -0.2) is 51.3 Å². The van der Waals surface area contributed by atoms with E-state index >= 15 is 0 Å². The molecule has 0 spiro atoms. The first-order valence-corrected chi connectivity index (χ1v) is 9.98. The summed E-state index contributed by atoms with van der Waals surface area (Å²) < 4.78 is 16.1. The van der Waals surface area contributed by atoms with E-state index < -0.39 is 0 Å². The number of benzene rings is 1. The fraction of sp³-hybridized carbons (Fsp3) is 0.667. The molecule has 0 heterocycles. The van der Waals surface area contributed by atoms with Crippen LogP contribution < -0.4 is 19.5 Å². The lowest BCUT2D eigenvalue weighted by molar-refractivity contribution is -0.117. The summed E-state index contributed by atoms with van der Waals surface area (Å²) in [4.78, 5) is 15.1. The van der Waals surface area contributed by atoms with Crippen LogP contribution in [0.15, 0.2) is 12.1 Å². The molecule has 3 rings (SSSR count). The largest absolute Gasteiger partial charge is 0.493 e. The van der Waals surface area contributed by atoms with E-state index in [1.807, 2.05) is 0 Å². The van der Waals surface area contributed by atoms with Crippen LogP contribution in [-0.2, 0) is 4.79 Å². The molecule has 1 aromatic carbocycles. The average Bonchev–Trinajstić information content (AvgIpc) is 3.52. The third-order valence-corrected chi connectivity index (χ3v) is 5.58. The van der Waals surface area contributed by atoms with Crippen molar-refractivity contribution in [2.45, 2.75) is 51.0 Å². The van der Waals surface area contributed by atoms with Gasteiger partial charge in [0.1, 0.15) is 0 Å².